The van der Waals surface area contributed by atoms with Gasteiger partial charge in [0.15, 0.2) is 11.5 Å². The Morgan fingerprint density at radius 3 is 2.53 bits per heavy atom. The Bertz CT molecular complexity index is 1180. The molecule has 0 aliphatic rings. The standard InChI is InChI=1S/C26H24Cl2N2O4/c1-3-12-33-24-10-8-19(15-25(24)32-4-2)26(31)30-29-16-20-14-22(28)9-11-23(20)34-17-18-6-5-7-21(27)13-18/h3,5-11,13-16H,1,4,12,17H2,2H3,(H,30,31)/b29-16+. The molecule has 0 spiro atoms. The molecule has 0 atom stereocenters. The molecule has 0 saturated carbocycles. The van der Waals surface area contributed by atoms with E-state index in [0.717, 1.165) is 5.56 Å². The molecule has 0 fully saturated rings. The summed E-state index contributed by atoms with van der Waals surface area (Å²) in [6, 6.07) is 17.5. The van der Waals surface area contributed by atoms with Gasteiger partial charge in [-0.3, -0.25) is 4.79 Å². The Morgan fingerprint density at radius 1 is 0.971 bits per heavy atom. The van der Waals surface area contributed by atoms with Crippen molar-refractivity contribution >= 4 is 35.3 Å². The molecule has 0 radical (unpaired) electrons. The first-order valence-corrected chi connectivity index (χ1v) is 11.3. The first kappa shape index (κ1) is 25.1. The Balaban J connectivity index is 1.69. The lowest BCUT2D eigenvalue weighted by Crippen LogP contribution is -2.18. The van der Waals surface area contributed by atoms with Crippen LogP contribution in [-0.4, -0.2) is 25.3 Å². The fourth-order valence-electron chi connectivity index (χ4n) is 2.95. The van der Waals surface area contributed by atoms with Crippen LogP contribution in [0.15, 0.2) is 78.4 Å². The van der Waals surface area contributed by atoms with E-state index in [2.05, 4.69) is 17.1 Å². The summed E-state index contributed by atoms with van der Waals surface area (Å²) in [5.74, 6) is 1.15. The monoisotopic (exact) mass is 498 g/mol. The van der Waals surface area contributed by atoms with E-state index < -0.39 is 5.91 Å². The molecule has 6 nitrogen and oxygen atoms in total. The number of nitrogens with zero attached hydrogens (tertiary/aromatic N) is 1. The fourth-order valence-corrected chi connectivity index (χ4v) is 3.34. The third-order valence-electron chi connectivity index (χ3n) is 4.49. The summed E-state index contributed by atoms with van der Waals surface area (Å²) in [5.41, 5.74) is 4.41. The molecule has 0 aliphatic carbocycles. The molecule has 0 aromatic heterocycles. The average Bonchev–Trinajstić information content (AvgIpc) is 2.83. The van der Waals surface area contributed by atoms with Gasteiger partial charge in [0, 0.05) is 21.2 Å². The molecule has 3 aromatic rings. The van der Waals surface area contributed by atoms with Gasteiger partial charge < -0.3 is 14.2 Å². The van der Waals surface area contributed by atoms with Crippen LogP contribution in [0, 0.1) is 0 Å². The summed E-state index contributed by atoms with van der Waals surface area (Å²) < 4.78 is 17.0. The van der Waals surface area contributed by atoms with Crippen molar-refractivity contribution in [3.8, 4) is 17.2 Å². The number of rotatable bonds is 11. The van der Waals surface area contributed by atoms with E-state index in [1.807, 2.05) is 25.1 Å². The molecule has 0 aliphatic heterocycles. The second-order valence-corrected chi connectivity index (χ2v) is 7.87. The van der Waals surface area contributed by atoms with Crippen LogP contribution < -0.4 is 19.6 Å². The minimum Gasteiger partial charge on any atom is -0.490 e. The maximum atomic E-state index is 12.6. The first-order valence-electron chi connectivity index (χ1n) is 10.5. The number of halogens is 2. The molecule has 3 aromatic carbocycles. The van der Waals surface area contributed by atoms with Crippen LogP contribution in [0.3, 0.4) is 0 Å². The van der Waals surface area contributed by atoms with Gasteiger partial charge in [-0.15, -0.1) is 0 Å². The van der Waals surface area contributed by atoms with Crippen LogP contribution in [0.25, 0.3) is 0 Å². The molecular formula is C26H24Cl2N2O4. The van der Waals surface area contributed by atoms with Crippen LogP contribution in [0.5, 0.6) is 17.2 Å². The molecule has 0 saturated heterocycles. The van der Waals surface area contributed by atoms with Gasteiger partial charge in [0.25, 0.3) is 5.91 Å². The second-order valence-electron chi connectivity index (χ2n) is 6.99. The topological polar surface area (TPSA) is 69.2 Å². The van der Waals surface area contributed by atoms with Gasteiger partial charge in [-0.05, 0) is 61.0 Å². The summed E-state index contributed by atoms with van der Waals surface area (Å²) >= 11 is 12.2. The smallest absolute Gasteiger partial charge is 0.271 e. The first-order chi connectivity index (χ1) is 16.5. The van der Waals surface area contributed by atoms with Crippen LogP contribution in [0.2, 0.25) is 10.0 Å². The highest BCUT2D eigenvalue weighted by Crippen LogP contribution is 2.28. The lowest BCUT2D eigenvalue weighted by atomic mass is 10.2. The highest BCUT2D eigenvalue weighted by Gasteiger charge is 2.11. The van der Waals surface area contributed by atoms with Crippen LogP contribution in [-0.2, 0) is 6.61 Å². The number of hydrogen-bond donors (Lipinski definition) is 1. The molecule has 1 amide bonds. The van der Waals surface area contributed by atoms with E-state index in [4.69, 9.17) is 37.4 Å². The Hall–Kier alpha value is -3.48. The van der Waals surface area contributed by atoms with E-state index >= 15 is 0 Å². The normalized spacial score (nSPS) is 10.7. The molecule has 8 heteroatoms. The zero-order chi connectivity index (χ0) is 24.3. The number of carbonyl (C=O) groups is 1. The third kappa shape index (κ3) is 7.27. The van der Waals surface area contributed by atoms with E-state index in [9.17, 15) is 4.79 Å². The lowest BCUT2D eigenvalue weighted by Gasteiger charge is -2.12. The van der Waals surface area contributed by atoms with Gasteiger partial charge in [-0.1, -0.05) is 48.0 Å². The number of amides is 1. The number of hydrogen-bond acceptors (Lipinski definition) is 5. The van der Waals surface area contributed by atoms with Crippen molar-refractivity contribution in [1.29, 1.82) is 0 Å². The summed E-state index contributed by atoms with van der Waals surface area (Å²) in [4.78, 5) is 12.6. The summed E-state index contributed by atoms with van der Waals surface area (Å²) in [6.07, 6.45) is 3.11. The highest BCUT2D eigenvalue weighted by molar-refractivity contribution is 6.31. The SMILES string of the molecule is C=CCOc1ccc(C(=O)N/N=C/c2cc(Cl)ccc2OCc2cccc(Cl)c2)cc1OCC. The quantitative estimate of drug-likeness (QED) is 0.191. The maximum absolute atomic E-state index is 12.6. The zero-order valence-electron chi connectivity index (χ0n) is 18.6. The van der Waals surface area contributed by atoms with Crippen molar-refractivity contribution in [3.63, 3.8) is 0 Å². The minimum absolute atomic E-state index is 0.315. The number of ether oxygens (including phenoxy) is 3. The van der Waals surface area contributed by atoms with Crippen molar-refractivity contribution in [2.24, 2.45) is 5.10 Å². The molecule has 1 N–H and O–H groups in total. The molecule has 0 bridgehead atoms. The molecule has 3 rings (SSSR count). The number of nitrogens with one attached hydrogen (secondary N) is 1. The average molecular weight is 499 g/mol. The largest absolute Gasteiger partial charge is 0.490 e. The van der Waals surface area contributed by atoms with Gasteiger partial charge in [-0.25, -0.2) is 5.43 Å². The lowest BCUT2D eigenvalue weighted by molar-refractivity contribution is 0.0954. The highest BCUT2D eigenvalue weighted by atomic mass is 35.5. The second kappa shape index (κ2) is 12.7. The Kier molecular flexibility index (Phi) is 9.38. The predicted octanol–water partition coefficient (Wildman–Crippen LogP) is 6.30. The summed E-state index contributed by atoms with van der Waals surface area (Å²) in [7, 11) is 0. The summed E-state index contributed by atoms with van der Waals surface area (Å²) in [5, 5.41) is 5.21. The number of carbonyl (C=O) groups excluding carboxylic acids is 1. The Morgan fingerprint density at radius 2 is 1.76 bits per heavy atom. The van der Waals surface area contributed by atoms with E-state index in [0.29, 0.717) is 58.2 Å². The van der Waals surface area contributed by atoms with Crippen molar-refractivity contribution in [2.75, 3.05) is 13.2 Å². The van der Waals surface area contributed by atoms with Gasteiger partial charge in [0.05, 0.1) is 12.8 Å². The van der Waals surface area contributed by atoms with E-state index in [1.54, 1.807) is 48.5 Å². The van der Waals surface area contributed by atoms with Crippen molar-refractivity contribution in [1.82, 2.24) is 5.43 Å². The van der Waals surface area contributed by atoms with Crippen LogP contribution in [0.1, 0.15) is 28.4 Å². The molecular weight excluding hydrogens is 475 g/mol. The van der Waals surface area contributed by atoms with Crippen molar-refractivity contribution in [2.45, 2.75) is 13.5 Å². The molecule has 34 heavy (non-hydrogen) atoms. The van der Waals surface area contributed by atoms with Gasteiger partial charge in [0.1, 0.15) is 19.0 Å². The van der Waals surface area contributed by atoms with Gasteiger partial charge in [0.2, 0.25) is 0 Å². The molecule has 0 unspecified atom stereocenters. The number of benzene rings is 3. The predicted molar refractivity (Wildman–Crippen MR) is 136 cm³/mol. The maximum Gasteiger partial charge on any atom is 0.271 e. The summed E-state index contributed by atoms with van der Waals surface area (Å²) in [6.45, 7) is 6.56. The Labute approximate surface area is 208 Å². The molecule has 0 heterocycles. The number of hydrazone groups is 1. The fraction of sp³-hybridized carbons (Fsp3) is 0.154. The third-order valence-corrected chi connectivity index (χ3v) is 4.96. The van der Waals surface area contributed by atoms with E-state index in [-0.39, 0.29) is 0 Å². The zero-order valence-corrected chi connectivity index (χ0v) is 20.1. The minimum atomic E-state index is -0.407. The van der Waals surface area contributed by atoms with Crippen molar-refractivity contribution < 1.29 is 19.0 Å². The van der Waals surface area contributed by atoms with Crippen LogP contribution in [0.4, 0.5) is 0 Å². The van der Waals surface area contributed by atoms with E-state index in [1.165, 1.54) is 6.21 Å². The van der Waals surface area contributed by atoms with Gasteiger partial charge >= 0.3 is 0 Å². The van der Waals surface area contributed by atoms with Crippen LogP contribution >= 0.6 is 23.2 Å². The molecule has 176 valence electrons. The van der Waals surface area contributed by atoms with Crippen molar-refractivity contribution in [3.05, 3.63) is 100 Å². The van der Waals surface area contributed by atoms with Gasteiger partial charge in [-0.2, -0.15) is 5.10 Å².